The maximum atomic E-state index is 3.48. The van der Waals surface area contributed by atoms with Gasteiger partial charge in [0, 0.05) is 24.7 Å². The maximum Gasteiger partial charge on any atom is 0.0125 e. The van der Waals surface area contributed by atoms with Crippen molar-refractivity contribution in [3.05, 3.63) is 0 Å². The highest BCUT2D eigenvalue weighted by molar-refractivity contribution is 4.99. The highest BCUT2D eigenvalue weighted by Crippen LogP contribution is 2.40. The number of rotatable bonds is 1. The van der Waals surface area contributed by atoms with Crippen molar-refractivity contribution in [1.82, 2.24) is 10.2 Å². The van der Waals surface area contributed by atoms with Gasteiger partial charge in [0.15, 0.2) is 0 Å². The zero-order valence-corrected chi connectivity index (χ0v) is 10.0. The van der Waals surface area contributed by atoms with Gasteiger partial charge in [0.25, 0.3) is 0 Å². The second kappa shape index (κ2) is 3.49. The average Bonchev–Trinajstić information content (AvgIpc) is 2.58. The van der Waals surface area contributed by atoms with Crippen molar-refractivity contribution in [1.29, 1.82) is 0 Å². The van der Waals surface area contributed by atoms with E-state index < -0.39 is 0 Å². The van der Waals surface area contributed by atoms with Crippen LogP contribution in [0.4, 0.5) is 0 Å². The van der Waals surface area contributed by atoms with Gasteiger partial charge >= 0.3 is 0 Å². The Kier molecular flexibility index (Phi) is 2.61. The molecule has 82 valence electrons. The Morgan fingerprint density at radius 3 is 2.43 bits per heavy atom. The van der Waals surface area contributed by atoms with Crippen LogP contribution in [0.15, 0.2) is 0 Å². The largest absolute Gasteiger partial charge is 0.317 e. The molecule has 1 saturated heterocycles. The van der Waals surface area contributed by atoms with Crippen LogP contribution in [0.25, 0.3) is 0 Å². The lowest BCUT2D eigenvalue weighted by Gasteiger charge is -2.33. The molecule has 0 aromatic carbocycles. The number of nitrogens with zero attached hydrogens (tertiary/aromatic N) is 1. The Balaban J connectivity index is 2.01. The molecule has 0 aromatic heterocycles. The van der Waals surface area contributed by atoms with E-state index in [1.54, 1.807) is 0 Å². The number of nitrogens with one attached hydrogen (secondary N) is 1. The van der Waals surface area contributed by atoms with Crippen LogP contribution < -0.4 is 5.32 Å². The van der Waals surface area contributed by atoms with E-state index in [-0.39, 0.29) is 0 Å². The van der Waals surface area contributed by atoms with Crippen molar-refractivity contribution in [2.45, 2.75) is 45.2 Å². The van der Waals surface area contributed by atoms with Crippen molar-refractivity contribution in [2.75, 3.05) is 20.1 Å². The molecule has 0 amide bonds. The first-order chi connectivity index (χ1) is 6.52. The Bertz CT molecular complexity index is 207. The lowest BCUT2D eigenvalue weighted by atomic mass is 9.98. The molecule has 3 atom stereocenters. The highest BCUT2D eigenvalue weighted by atomic mass is 15.2. The summed E-state index contributed by atoms with van der Waals surface area (Å²) in [5, 5.41) is 3.48. The van der Waals surface area contributed by atoms with Gasteiger partial charge in [-0.15, -0.1) is 0 Å². The zero-order valence-electron chi connectivity index (χ0n) is 10.0. The van der Waals surface area contributed by atoms with Crippen molar-refractivity contribution < 1.29 is 0 Å². The highest BCUT2D eigenvalue weighted by Gasteiger charge is 2.44. The summed E-state index contributed by atoms with van der Waals surface area (Å²) in [5.41, 5.74) is 0.364. The molecule has 2 nitrogen and oxygen atoms in total. The first-order valence-electron chi connectivity index (χ1n) is 5.94. The molecule has 1 saturated carbocycles. The number of hydrogen-bond donors (Lipinski definition) is 1. The van der Waals surface area contributed by atoms with E-state index >= 15 is 0 Å². The number of likely N-dealkylation sites (tertiary alicyclic amines) is 1. The van der Waals surface area contributed by atoms with Gasteiger partial charge in [-0.05, 0) is 52.5 Å². The molecule has 2 rings (SSSR count). The minimum Gasteiger partial charge on any atom is -0.317 e. The molecule has 1 aliphatic heterocycles. The predicted octanol–water partition coefficient (Wildman–Crippen LogP) is 1.71. The van der Waals surface area contributed by atoms with Crippen LogP contribution in [0, 0.1) is 11.8 Å². The number of hydrogen-bond acceptors (Lipinski definition) is 2. The molecule has 1 aliphatic carbocycles. The van der Waals surface area contributed by atoms with E-state index in [9.17, 15) is 0 Å². The third kappa shape index (κ3) is 1.70. The van der Waals surface area contributed by atoms with E-state index in [1.807, 2.05) is 0 Å². The van der Waals surface area contributed by atoms with E-state index in [1.165, 1.54) is 25.9 Å². The Hall–Kier alpha value is -0.0800. The molecule has 0 spiro atoms. The SMILES string of the molecule is CN[C@H]1CC[C@H]2CN(C(C)(C)C)C[C@@H]21. The number of fused-ring (bicyclic) bond motifs is 1. The van der Waals surface area contributed by atoms with Gasteiger partial charge in [-0.2, -0.15) is 0 Å². The molecule has 1 heterocycles. The molecule has 2 fully saturated rings. The molecule has 0 unspecified atom stereocenters. The first kappa shape index (κ1) is 10.4. The van der Waals surface area contributed by atoms with Crippen LogP contribution in [-0.2, 0) is 0 Å². The topological polar surface area (TPSA) is 15.3 Å². The second-order valence-electron chi connectivity index (χ2n) is 5.97. The van der Waals surface area contributed by atoms with E-state index in [2.05, 4.69) is 38.0 Å². The normalized spacial score (nSPS) is 39.0. The monoisotopic (exact) mass is 196 g/mol. The summed E-state index contributed by atoms with van der Waals surface area (Å²) in [4.78, 5) is 2.66. The molecule has 2 heteroatoms. The third-order valence-electron chi connectivity index (χ3n) is 4.18. The summed E-state index contributed by atoms with van der Waals surface area (Å²) in [5.74, 6) is 1.88. The zero-order chi connectivity index (χ0) is 10.3. The fraction of sp³-hybridized carbons (Fsp3) is 1.00. The molecule has 2 aliphatic rings. The summed E-state index contributed by atoms with van der Waals surface area (Å²) in [6.45, 7) is 9.64. The molecule has 0 radical (unpaired) electrons. The summed E-state index contributed by atoms with van der Waals surface area (Å²) >= 11 is 0. The Labute approximate surface area is 88.1 Å². The molecular formula is C12H24N2. The summed E-state index contributed by atoms with van der Waals surface area (Å²) in [7, 11) is 2.12. The van der Waals surface area contributed by atoms with Crippen LogP contribution in [0.3, 0.4) is 0 Å². The second-order valence-corrected chi connectivity index (χ2v) is 5.97. The van der Waals surface area contributed by atoms with Gasteiger partial charge in [0.05, 0.1) is 0 Å². The molecule has 1 N–H and O–H groups in total. The lowest BCUT2D eigenvalue weighted by Crippen LogP contribution is -2.41. The maximum absolute atomic E-state index is 3.48. The third-order valence-corrected chi connectivity index (χ3v) is 4.18. The van der Waals surface area contributed by atoms with Crippen LogP contribution >= 0.6 is 0 Å². The minimum atomic E-state index is 0.364. The van der Waals surface area contributed by atoms with Crippen LogP contribution in [-0.4, -0.2) is 36.6 Å². The quantitative estimate of drug-likeness (QED) is 0.687. The predicted molar refractivity (Wildman–Crippen MR) is 60.4 cm³/mol. The van der Waals surface area contributed by atoms with Gasteiger partial charge in [0.1, 0.15) is 0 Å². The minimum absolute atomic E-state index is 0.364. The van der Waals surface area contributed by atoms with Crippen LogP contribution in [0.1, 0.15) is 33.6 Å². The van der Waals surface area contributed by atoms with Gasteiger partial charge in [-0.1, -0.05) is 0 Å². The van der Waals surface area contributed by atoms with Gasteiger partial charge in [-0.25, -0.2) is 0 Å². The van der Waals surface area contributed by atoms with Gasteiger partial charge in [0.2, 0.25) is 0 Å². The fourth-order valence-corrected chi connectivity index (χ4v) is 3.17. The van der Waals surface area contributed by atoms with E-state index in [0.29, 0.717) is 5.54 Å². The average molecular weight is 196 g/mol. The van der Waals surface area contributed by atoms with Crippen molar-refractivity contribution in [3.8, 4) is 0 Å². The first-order valence-corrected chi connectivity index (χ1v) is 5.94. The van der Waals surface area contributed by atoms with Crippen molar-refractivity contribution >= 4 is 0 Å². The van der Waals surface area contributed by atoms with Crippen molar-refractivity contribution in [2.24, 2.45) is 11.8 Å². The standard InChI is InChI=1S/C12H24N2/c1-12(2,3)14-7-9-5-6-11(13-4)10(9)8-14/h9-11,13H,5-8H2,1-4H3/t9-,10-,11-/m0/s1. The van der Waals surface area contributed by atoms with Gasteiger partial charge in [-0.3, -0.25) is 4.90 Å². The van der Waals surface area contributed by atoms with Crippen LogP contribution in [0.2, 0.25) is 0 Å². The summed E-state index contributed by atoms with van der Waals surface area (Å²) < 4.78 is 0. The Morgan fingerprint density at radius 1 is 1.14 bits per heavy atom. The molecule has 0 bridgehead atoms. The summed E-state index contributed by atoms with van der Waals surface area (Å²) in [6.07, 6.45) is 2.83. The molecular weight excluding hydrogens is 172 g/mol. The molecule has 0 aromatic rings. The smallest absolute Gasteiger partial charge is 0.0125 e. The van der Waals surface area contributed by atoms with Crippen LogP contribution in [0.5, 0.6) is 0 Å². The fourth-order valence-electron chi connectivity index (χ4n) is 3.17. The van der Waals surface area contributed by atoms with E-state index in [0.717, 1.165) is 17.9 Å². The van der Waals surface area contributed by atoms with E-state index in [4.69, 9.17) is 0 Å². The van der Waals surface area contributed by atoms with Crippen molar-refractivity contribution in [3.63, 3.8) is 0 Å². The van der Waals surface area contributed by atoms with Gasteiger partial charge < -0.3 is 5.32 Å². The molecule has 14 heavy (non-hydrogen) atoms. The lowest BCUT2D eigenvalue weighted by molar-refractivity contribution is 0.158. The summed E-state index contributed by atoms with van der Waals surface area (Å²) in [6, 6.07) is 0.785. The Morgan fingerprint density at radius 2 is 1.86 bits per heavy atom.